The number of aromatic nitrogens is 1. The molecule has 1 rings (SSSR count). The average Bonchev–Trinajstić information content (AvgIpc) is 2.48. The van der Waals surface area contributed by atoms with E-state index in [0.717, 1.165) is 5.76 Å². The third kappa shape index (κ3) is 2.83. The van der Waals surface area contributed by atoms with Crippen LogP contribution in [0.2, 0.25) is 0 Å². The molecule has 0 amide bonds. The van der Waals surface area contributed by atoms with Gasteiger partial charge >= 0.3 is 0 Å². The van der Waals surface area contributed by atoms with Crippen LogP contribution in [0.5, 0.6) is 0 Å². The Morgan fingerprint density at radius 3 is 2.92 bits per heavy atom. The van der Waals surface area contributed by atoms with Crippen molar-refractivity contribution in [3.63, 3.8) is 0 Å². The van der Waals surface area contributed by atoms with Crippen LogP contribution in [-0.4, -0.2) is 11.1 Å². The molecular formula is C8H12ClNO2. The van der Waals surface area contributed by atoms with Crippen LogP contribution in [-0.2, 0) is 17.2 Å². The number of oxazole rings is 1. The van der Waals surface area contributed by atoms with Gasteiger partial charge in [0.15, 0.2) is 0 Å². The van der Waals surface area contributed by atoms with Crippen molar-refractivity contribution < 1.29 is 9.15 Å². The molecule has 4 heteroatoms. The van der Waals surface area contributed by atoms with Gasteiger partial charge in [-0.15, -0.1) is 11.6 Å². The van der Waals surface area contributed by atoms with E-state index in [9.17, 15) is 0 Å². The number of rotatable bonds is 4. The van der Waals surface area contributed by atoms with E-state index >= 15 is 0 Å². The van der Waals surface area contributed by atoms with Gasteiger partial charge in [0.05, 0.1) is 18.2 Å². The van der Waals surface area contributed by atoms with Crippen molar-refractivity contribution in [3.05, 3.63) is 17.8 Å². The minimum Gasteiger partial charge on any atom is -0.442 e. The number of hydrogen-bond acceptors (Lipinski definition) is 3. The first-order valence-electron chi connectivity index (χ1n) is 3.83. The molecule has 0 atom stereocenters. The zero-order chi connectivity index (χ0) is 8.97. The van der Waals surface area contributed by atoms with E-state index in [1.807, 2.05) is 13.8 Å². The van der Waals surface area contributed by atoms with Crippen molar-refractivity contribution in [2.24, 2.45) is 0 Å². The van der Waals surface area contributed by atoms with Crippen LogP contribution in [0.25, 0.3) is 0 Å². The largest absolute Gasteiger partial charge is 0.442 e. The second-order valence-electron chi connectivity index (χ2n) is 2.71. The predicted molar refractivity (Wildman–Crippen MR) is 46.0 cm³/mol. The van der Waals surface area contributed by atoms with Gasteiger partial charge in [-0.25, -0.2) is 4.98 Å². The summed E-state index contributed by atoms with van der Waals surface area (Å²) in [6.45, 7) is 4.40. The van der Waals surface area contributed by atoms with Crippen molar-refractivity contribution >= 4 is 11.6 Å². The summed E-state index contributed by atoms with van der Waals surface area (Å²) < 4.78 is 10.5. The lowest BCUT2D eigenvalue weighted by atomic mass is 10.5. The van der Waals surface area contributed by atoms with Crippen LogP contribution in [0.15, 0.2) is 10.6 Å². The van der Waals surface area contributed by atoms with Crippen LogP contribution in [0, 0.1) is 0 Å². The summed E-state index contributed by atoms with van der Waals surface area (Å²) in [4.78, 5) is 3.93. The Kier molecular flexibility index (Phi) is 3.56. The highest BCUT2D eigenvalue weighted by Gasteiger charge is 2.03. The highest BCUT2D eigenvalue weighted by Crippen LogP contribution is 2.08. The Bertz CT molecular complexity index is 235. The van der Waals surface area contributed by atoms with Crippen molar-refractivity contribution in [3.8, 4) is 0 Å². The summed E-state index contributed by atoms with van der Waals surface area (Å²) in [6.07, 6.45) is 1.84. The molecule has 0 aliphatic rings. The SMILES string of the molecule is CC(C)OCc1cnc(CCl)o1. The Morgan fingerprint density at radius 1 is 1.67 bits per heavy atom. The summed E-state index contributed by atoms with van der Waals surface area (Å²) in [7, 11) is 0. The zero-order valence-electron chi connectivity index (χ0n) is 7.21. The number of alkyl halides is 1. The monoisotopic (exact) mass is 189 g/mol. The molecule has 0 radical (unpaired) electrons. The molecule has 12 heavy (non-hydrogen) atoms. The summed E-state index contributed by atoms with van der Waals surface area (Å²) in [6, 6.07) is 0. The maximum absolute atomic E-state index is 5.51. The van der Waals surface area contributed by atoms with Gasteiger partial charge < -0.3 is 9.15 Å². The van der Waals surface area contributed by atoms with Crippen LogP contribution < -0.4 is 0 Å². The lowest BCUT2D eigenvalue weighted by Crippen LogP contribution is -2.01. The van der Waals surface area contributed by atoms with Crippen molar-refractivity contribution in [2.75, 3.05) is 0 Å². The summed E-state index contributed by atoms with van der Waals surface area (Å²) in [5.74, 6) is 1.57. The number of halogens is 1. The Labute approximate surface area is 76.7 Å². The first kappa shape index (κ1) is 9.55. The predicted octanol–water partition coefficient (Wildman–Crippen LogP) is 2.34. The first-order valence-corrected chi connectivity index (χ1v) is 4.37. The van der Waals surface area contributed by atoms with Gasteiger partial charge in [-0.3, -0.25) is 0 Å². The van der Waals surface area contributed by atoms with Gasteiger partial charge in [-0.2, -0.15) is 0 Å². The molecule has 3 nitrogen and oxygen atoms in total. The van der Waals surface area contributed by atoms with E-state index < -0.39 is 0 Å². The van der Waals surface area contributed by atoms with Crippen LogP contribution >= 0.6 is 11.6 Å². The molecular weight excluding hydrogens is 178 g/mol. The van der Waals surface area contributed by atoms with Gasteiger partial charge in [-0.1, -0.05) is 0 Å². The maximum Gasteiger partial charge on any atom is 0.209 e. The minimum absolute atomic E-state index is 0.203. The molecule has 0 saturated heterocycles. The smallest absolute Gasteiger partial charge is 0.209 e. The third-order valence-corrected chi connectivity index (χ3v) is 1.50. The molecule has 0 aliphatic carbocycles. The van der Waals surface area contributed by atoms with Gasteiger partial charge in [0.2, 0.25) is 5.89 Å². The molecule has 0 aliphatic heterocycles. The molecule has 1 heterocycles. The molecule has 0 unspecified atom stereocenters. The summed E-state index contributed by atoms with van der Waals surface area (Å²) in [5.41, 5.74) is 0. The quantitative estimate of drug-likeness (QED) is 0.682. The van der Waals surface area contributed by atoms with Gasteiger partial charge in [0.1, 0.15) is 12.4 Å². The van der Waals surface area contributed by atoms with Crippen molar-refractivity contribution in [1.29, 1.82) is 0 Å². The molecule has 0 saturated carbocycles. The highest BCUT2D eigenvalue weighted by atomic mass is 35.5. The highest BCUT2D eigenvalue weighted by molar-refractivity contribution is 6.16. The van der Waals surface area contributed by atoms with E-state index in [-0.39, 0.29) is 6.10 Å². The first-order chi connectivity index (χ1) is 5.72. The van der Waals surface area contributed by atoms with E-state index in [0.29, 0.717) is 18.4 Å². The van der Waals surface area contributed by atoms with Gasteiger partial charge in [-0.05, 0) is 13.8 Å². The lowest BCUT2D eigenvalue weighted by Gasteiger charge is -2.03. The topological polar surface area (TPSA) is 35.3 Å². The lowest BCUT2D eigenvalue weighted by molar-refractivity contribution is 0.0540. The fraction of sp³-hybridized carbons (Fsp3) is 0.625. The van der Waals surface area contributed by atoms with E-state index in [1.165, 1.54) is 0 Å². The molecule has 1 aromatic rings. The Balaban J connectivity index is 2.41. The van der Waals surface area contributed by atoms with Gasteiger partial charge in [0, 0.05) is 0 Å². The van der Waals surface area contributed by atoms with E-state index in [4.69, 9.17) is 20.8 Å². The van der Waals surface area contributed by atoms with Crippen molar-refractivity contribution in [1.82, 2.24) is 4.98 Å². The fourth-order valence-electron chi connectivity index (χ4n) is 0.725. The maximum atomic E-state index is 5.51. The van der Waals surface area contributed by atoms with Gasteiger partial charge in [0.25, 0.3) is 0 Å². The minimum atomic E-state index is 0.203. The Hall–Kier alpha value is -0.540. The molecule has 0 fully saturated rings. The van der Waals surface area contributed by atoms with Crippen molar-refractivity contribution in [2.45, 2.75) is 32.4 Å². The van der Waals surface area contributed by atoms with E-state index in [2.05, 4.69) is 4.98 Å². The molecule has 1 aromatic heterocycles. The normalized spacial score (nSPS) is 11.0. The summed E-state index contributed by atoms with van der Waals surface area (Å²) in [5, 5.41) is 0. The molecule has 0 bridgehead atoms. The second-order valence-corrected chi connectivity index (χ2v) is 2.98. The third-order valence-electron chi connectivity index (χ3n) is 1.27. The molecule has 0 spiro atoms. The summed E-state index contributed by atoms with van der Waals surface area (Å²) >= 11 is 5.51. The molecule has 0 N–H and O–H groups in total. The number of hydrogen-bond donors (Lipinski definition) is 0. The number of nitrogens with zero attached hydrogens (tertiary/aromatic N) is 1. The second kappa shape index (κ2) is 4.48. The van der Waals surface area contributed by atoms with Crippen LogP contribution in [0.3, 0.4) is 0 Å². The van der Waals surface area contributed by atoms with E-state index in [1.54, 1.807) is 6.20 Å². The van der Waals surface area contributed by atoms with Crippen LogP contribution in [0.4, 0.5) is 0 Å². The molecule has 0 aromatic carbocycles. The fourth-order valence-corrected chi connectivity index (χ4v) is 0.849. The standard InChI is InChI=1S/C8H12ClNO2/c1-6(2)11-5-7-4-10-8(3-9)12-7/h4,6H,3,5H2,1-2H3. The zero-order valence-corrected chi connectivity index (χ0v) is 7.97. The number of ether oxygens (including phenoxy) is 1. The average molecular weight is 190 g/mol. The van der Waals surface area contributed by atoms with Crippen LogP contribution in [0.1, 0.15) is 25.5 Å². The Morgan fingerprint density at radius 2 is 2.42 bits per heavy atom. The molecule has 68 valence electrons.